The molecule has 0 aliphatic heterocycles. The summed E-state index contributed by atoms with van der Waals surface area (Å²) in [6, 6.07) is -0.618. The largest absolute Gasteiger partial charge is 0.480 e. The lowest BCUT2D eigenvalue weighted by Crippen LogP contribution is -2.56. The number of nitrogens with zero attached hydrogens (tertiary/aromatic N) is 1. The van der Waals surface area contributed by atoms with Crippen LogP contribution in [0.1, 0.15) is 47.0 Å². The van der Waals surface area contributed by atoms with E-state index in [9.17, 15) is 23.1 Å². The fraction of sp³-hybridized carbons (Fsp3) is 0.929. The summed E-state index contributed by atoms with van der Waals surface area (Å²) >= 11 is 0. The maximum Gasteiger partial charge on any atom is 0.401 e. The van der Waals surface area contributed by atoms with Crippen molar-refractivity contribution in [1.82, 2.24) is 10.2 Å². The molecular formula is C14H25F3N2O2. The monoisotopic (exact) mass is 310 g/mol. The molecule has 2 N–H and O–H groups in total. The number of halogens is 3. The predicted octanol–water partition coefficient (Wildman–Crippen LogP) is 2.63. The first kappa shape index (κ1) is 18.2. The van der Waals surface area contributed by atoms with E-state index in [0.29, 0.717) is 0 Å². The average Bonchev–Trinajstić information content (AvgIpc) is 3.07. The Morgan fingerprint density at radius 3 is 2.19 bits per heavy atom. The van der Waals surface area contributed by atoms with Crippen LogP contribution in [0.4, 0.5) is 13.2 Å². The van der Waals surface area contributed by atoms with Crippen LogP contribution in [0.15, 0.2) is 0 Å². The highest BCUT2D eigenvalue weighted by molar-refractivity contribution is 5.78. The number of aliphatic carboxylic acids is 1. The molecule has 7 heteroatoms. The lowest BCUT2D eigenvalue weighted by molar-refractivity contribution is -0.157. The number of alkyl halides is 3. The molecule has 4 nitrogen and oxygen atoms in total. The molecule has 0 saturated heterocycles. The molecule has 2 atom stereocenters. The van der Waals surface area contributed by atoms with Crippen molar-refractivity contribution in [3.05, 3.63) is 0 Å². The zero-order valence-corrected chi connectivity index (χ0v) is 13.0. The molecule has 1 saturated carbocycles. The molecule has 21 heavy (non-hydrogen) atoms. The maximum absolute atomic E-state index is 12.7. The fourth-order valence-electron chi connectivity index (χ4n) is 2.65. The normalized spacial score (nSPS) is 20.6. The fourth-order valence-corrected chi connectivity index (χ4v) is 2.65. The van der Waals surface area contributed by atoms with E-state index < -0.39 is 30.3 Å². The third-order valence-electron chi connectivity index (χ3n) is 3.87. The summed E-state index contributed by atoms with van der Waals surface area (Å²) in [4.78, 5) is 12.8. The number of carbonyl (C=O) groups is 1. The van der Waals surface area contributed by atoms with E-state index >= 15 is 0 Å². The minimum atomic E-state index is -4.29. The summed E-state index contributed by atoms with van der Waals surface area (Å²) < 4.78 is 38.0. The molecule has 0 aromatic heterocycles. The Bertz CT molecular complexity index is 370. The van der Waals surface area contributed by atoms with Crippen molar-refractivity contribution in [3.63, 3.8) is 0 Å². The van der Waals surface area contributed by atoms with Gasteiger partial charge in [-0.25, -0.2) is 0 Å². The van der Waals surface area contributed by atoms with E-state index in [1.165, 1.54) is 4.90 Å². The van der Waals surface area contributed by atoms with Gasteiger partial charge in [0.25, 0.3) is 0 Å². The second-order valence-corrected chi connectivity index (χ2v) is 6.49. The predicted molar refractivity (Wildman–Crippen MR) is 74.2 cm³/mol. The zero-order chi connectivity index (χ0) is 16.4. The number of carboxylic acid groups (broad SMARTS) is 1. The lowest BCUT2D eigenvalue weighted by Gasteiger charge is -2.38. The van der Waals surface area contributed by atoms with Gasteiger partial charge in [0.2, 0.25) is 0 Å². The highest BCUT2D eigenvalue weighted by Crippen LogP contribution is 2.28. The zero-order valence-electron chi connectivity index (χ0n) is 13.0. The van der Waals surface area contributed by atoms with E-state index in [1.54, 1.807) is 27.7 Å². The van der Waals surface area contributed by atoms with Crippen LogP contribution in [0.2, 0.25) is 0 Å². The van der Waals surface area contributed by atoms with Crippen LogP contribution in [0, 0.1) is 0 Å². The average molecular weight is 310 g/mol. The quantitative estimate of drug-likeness (QED) is 0.724. The summed E-state index contributed by atoms with van der Waals surface area (Å²) in [5.74, 6) is -1.02. The van der Waals surface area contributed by atoms with Gasteiger partial charge >= 0.3 is 12.1 Å². The Labute approximate surface area is 123 Å². The van der Waals surface area contributed by atoms with Gasteiger partial charge in [0.1, 0.15) is 5.54 Å². The second-order valence-electron chi connectivity index (χ2n) is 6.49. The summed E-state index contributed by atoms with van der Waals surface area (Å²) in [5.41, 5.74) is -1.20. The van der Waals surface area contributed by atoms with Crippen LogP contribution in [-0.4, -0.2) is 52.4 Å². The van der Waals surface area contributed by atoms with Gasteiger partial charge in [-0.1, -0.05) is 0 Å². The Morgan fingerprint density at radius 2 is 1.86 bits per heavy atom. The molecule has 124 valence electrons. The van der Waals surface area contributed by atoms with Crippen LogP contribution in [0.5, 0.6) is 0 Å². The van der Waals surface area contributed by atoms with Crippen LogP contribution in [-0.2, 0) is 4.79 Å². The molecule has 1 fully saturated rings. The Hall–Kier alpha value is -0.820. The Kier molecular flexibility index (Phi) is 5.66. The first-order valence-electron chi connectivity index (χ1n) is 7.28. The number of rotatable bonds is 8. The molecule has 0 heterocycles. The third-order valence-corrected chi connectivity index (χ3v) is 3.87. The number of nitrogens with one attached hydrogen (secondary N) is 1. The van der Waals surface area contributed by atoms with Crippen LogP contribution in [0.25, 0.3) is 0 Å². The van der Waals surface area contributed by atoms with E-state index in [2.05, 4.69) is 5.32 Å². The standard InChI is InChI=1S/C14H25F3N2O2/c1-9(2)19(8-14(15,16)17)10(3)7-13(4,12(20)21)18-11-5-6-11/h9-11,18H,5-8H2,1-4H3,(H,20,21). The van der Waals surface area contributed by atoms with Crippen molar-refractivity contribution in [2.24, 2.45) is 0 Å². The lowest BCUT2D eigenvalue weighted by atomic mass is 9.92. The van der Waals surface area contributed by atoms with Crippen molar-refractivity contribution in [2.75, 3.05) is 6.54 Å². The molecular weight excluding hydrogens is 285 g/mol. The van der Waals surface area contributed by atoms with Crippen molar-refractivity contribution >= 4 is 5.97 Å². The SMILES string of the molecule is CC(C)N(CC(F)(F)F)C(C)CC(C)(NC1CC1)C(=O)O. The summed E-state index contributed by atoms with van der Waals surface area (Å²) in [7, 11) is 0. The van der Waals surface area contributed by atoms with Crippen LogP contribution >= 0.6 is 0 Å². The van der Waals surface area contributed by atoms with E-state index in [4.69, 9.17) is 0 Å². The molecule has 0 spiro atoms. The number of hydrogen-bond acceptors (Lipinski definition) is 3. The highest BCUT2D eigenvalue weighted by atomic mass is 19.4. The van der Waals surface area contributed by atoms with Gasteiger partial charge in [-0.3, -0.25) is 15.0 Å². The number of carboxylic acids is 1. The van der Waals surface area contributed by atoms with Crippen molar-refractivity contribution in [2.45, 2.75) is 76.8 Å². The molecule has 0 aromatic rings. The topological polar surface area (TPSA) is 52.6 Å². The second kappa shape index (κ2) is 6.52. The number of hydrogen-bond donors (Lipinski definition) is 2. The Balaban J connectivity index is 2.77. The molecule has 1 aliphatic carbocycles. The smallest absolute Gasteiger partial charge is 0.401 e. The Morgan fingerprint density at radius 1 is 1.33 bits per heavy atom. The summed E-state index contributed by atoms with van der Waals surface area (Å²) in [6.45, 7) is 5.56. The van der Waals surface area contributed by atoms with Crippen LogP contribution < -0.4 is 5.32 Å². The van der Waals surface area contributed by atoms with Crippen molar-refractivity contribution in [1.29, 1.82) is 0 Å². The van der Waals surface area contributed by atoms with E-state index in [-0.39, 0.29) is 18.5 Å². The molecule has 0 radical (unpaired) electrons. The maximum atomic E-state index is 12.7. The summed E-state index contributed by atoms with van der Waals surface area (Å²) in [6.07, 6.45) is -2.31. The van der Waals surface area contributed by atoms with Crippen LogP contribution in [0.3, 0.4) is 0 Å². The third kappa shape index (κ3) is 5.82. The molecule has 0 amide bonds. The van der Waals surface area contributed by atoms with Crippen molar-refractivity contribution in [3.8, 4) is 0 Å². The first-order valence-corrected chi connectivity index (χ1v) is 7.28. The van der Waals surface area contributed by atoms with Gasteiger partial charge in [0.05, 0.1) is 6.54 Å². The summed E-state index contributed by atoms with van der Waals surface area (Å²) in [5, 5.41) is 12.5. The molecule has 0 bridgehead atoms. The minimum absolute atomic E-state index is 0.132. The van der Waals surface area contributed by atoms with Gasteiger partial charge in [-0.15, -0.1) is 0 Å². The molecule has 1 aliphatic rings. The highest BCUT2D eigenvalue weighted by Gasteiger charge is 2.42. The molecule has 2 unspecified atom stereocenters. The van der Waals surface area contributed by atoms with E-state index in [0.717, 1.165) is 12.8 Å². The van der Waals surface area contributed by atoms with Gasteiger partial charge < -0.3 is 5.11 Å². The van der Waals surface area contributed by atoms with Crippen molar-refractivity contribution < 1.29 is 23.1 Å². The van der Waals surface area contributed by atoms with Gasteiger partial charge in [0.15, 0.2) is 0 Å². The first-order chi connectivity index (χ1) is 9.44. The van der Waals surface area contributed by atoms with Gasteiger partial charge in [0, 0.05) is 18.1 Å². The van der Waals surface area contributed by atoms with Gasteiger partial charge in [-0.05, 0) is 47.0 Å². The molecule has 0 aromatic carbocycles. The minimum Gasteiger partial charge on any atom is -0.480 e. The molecule has 1 rings (SSSR count). The van der Waals surface area contributed by atoms with Gasteiger partial charge in [-0.2, -0.15) is 13.2 Å². The van der Waals surface area contributed by atoms with E-state index in [1.807, 2.05) is 0 Å².